The van der Waals surface area contributed by atoms with Gasteiger partial charge in [0.1, 0.15) is 5.82 Å². The predicted octanol–water partition coefficient (Wildman–Crippen LogP) is 3.25. The Balaban J connectivity index is 3.42. The van der Waals surface area contributed by atoms with Crippen LogP contribution < -0.4 is 0 Å². The minimum atomic E-state index is -4.73. The van der Waals surface area contributed by atoms with Gasteiger partial charge in [0.15, 0.2) is 0 Å². The lowest BCUT2D eigenvalue weighted by Gasteiger charge is -2.12. The number of hydrogen-bond acceptors (Lipinski definition) is 1. The average molecular weight is 248 g/mol. The molecule has 0 aliphatic rings. The van der Waals surface area contributed by atoms with Gasteiger partial charge >= 0.3 is 12.1 Å². The highest BCUT2D eigenvalue weighted by Gasteiger charge is 2.34. The Bertz CT molecular complexity index is 475. The first kappa shape index (κ1) is 13.2. The van der Waals surface area contributed by atoms with E-state index >= 15 is 0 Å². The molecule has 6 heteroatoms. The number of hydrogen-bond donors (Lipinski definition) is 1. The van der Waals surface area contributed by atoms with Crippen molar-refractivity contribution >= 4 is 12.0 Å². The van der Waals surface area contributed by atoms with Gasteiger partial charge in [-0.3, -0.25) is 0 Å². The summed E-state index contributed by atoms with van der Waals surface area (Å²) >= 11 is 0. The van der Waals surface area contributed by atoms with E-state index in [1.807, 2.05) is 0 Å². The van der Waals surface area contributed by atoms with Crippen LogP contribution in [0, 0.1) is 12.7 Å². The lowest BCUT2D eigenvalue weighted by atomic mass is 10.0. The molecule has 0 aromatic heterocycles. The number of benzene rings is 1. The van der Waals surface area contributed by atoms with Gasteiger partial charge in [-0.25, -0.2) is 9.18 Å². The maximum absolute atomic E-state index is 13.5. The molecule has 1 aromatic carbocycles. The summed E-state index contributed by atoms with van der Waals surface area (Å²) in [5, 5.41) is 8.34. The maximum atomic E-state index is 13.5. The van der Waals surface area contributed by atoms with Crippen molar-refractivity contribution < 1.29 is 27.5 Å². The molecule has 0 saturated carbocycles. The Kier molecular flexibility index (Phi) is 3.55. The Morgan fingerprint density at radius 2 is 1.94 bits per heavy atom. The van der Waals surface area contributed by atoms with Crippen molar-refractivity contribution in [3.05, 3.63) is 40.7 Å². The predicted molar refractivity (Wildman–Crippen MR) is 52.8 cm³/mol. The van der Waals surface area contributed by atoms with Gasteiger partial charge in [-0.15, -0.1) is 0 Å². The van der Waals surface area contributed by atoms with Crippen LogP contribution >= 0.6 is 0 Å². The van der Waals surface area contributed by atoms with Crippen LogP contribution in [0.2, 0.25) is 0 Å². The molecule has 0 saturated heterocycles. The summed E-state index contributed by atoms with van der Waals surface area (Å²) < 4.78 is 51.1. The van der Waals surface area contributed by atoms with Gasteiger partial charge in [0, 0.05) is 11.6 Å². The van der Waals surface area contributed by atoms with Gasteiger partial charge in [0.2, 0.25) is 0 Å². The highest BCUT2D eigenvalue weighted by Crippen LogP contribution is 2.34. The van der Waals surface area contributed by atoms with Crippen molar-refractivity contribution in [3.63, 3.8) is 0 Å². The molecule has 0 aliphatic heterocycles. The minimum absolute atomic E-state index is 0.0167. The third-order valence-corrected chi connectivity index (χ3v) is 2.07. The van der Waals surface area contributed by atoms with Crippen LogP contribution in [0.1, 0.15) is 16.7 Å². The Labute approximate surface area is 94.2 Å². The summed E-state index contributed by atoms with van der Waals surface area (Å²) in [7, 11) is 0. The van der Waals surface area contributed by atoms with Crippen molar-refractivity contribution in [3.8, 4) is 0 Å². The average Bonchev–Trinajstić information content (AvgIpc) is 2.18. The van der Waals surface area contributed by atoms with E-state index < -0.39 is 29.1 Å². The molecule has 1 N–H and O–H groups in total. The molecule has 0 unspecified atom stereocenters. The number of carboxylic acid groups (broad SMARTS) is 1. The second kappa shape index (κ2) is 4.57. The van der Waals surface area contributed by atoms with Crippen molar-refractivity contribution in [2.24, 2.45) is 0 Å². The SMILES string of the molecule is Cc1ccc(C(F)(F)F)c(/C=C/C(=O)O)c1F. The monoisotopic (exact) mass is 248 g/mol. The molecule has 1 aromatic rings. The van der Waals surface area contributed by atoms with Gasteiger partial charge in [-0.05, 0) is 24.6 Å². The number of alkyl halides is 3. The van der Waals surface area contributed by atoms with E-state index in [4.69, 9.17) is 5.11 Å². The molecule has 2 nitrogen and oxygen atoms in total. The van der Waals surface area contributed by atoms with Crippen molar-refractivity contribution in [2.75, 3.05) is 0 Å². The fourth-order valence-corrected chi connectivity index (χ4v) is 1.27. The van der Waals surface area contributed by atoms with Crippen molar-refractivity contribution in [2.45, 2.75) is 13.1 Å². The fourth-order valence-electron chi connectivity index (χ4n) is 1.27. The molecule has 92 valence electrons. The number of carboxylic acids is 1. The van der Waals surface area contributed by atoms with Gasteiger partial charge in [-0.2, -0.15) is 13.2 Å². The second-order valence-electron chi connectivity index (χ2n) is 3.33. The summed E-state index contributed by atoms with van der Waals surface area (Å²) in [6, 6.07) is 1.72. The van der Waals surface area contributed by atoms with Gasteiger partial charge in [-0.1, -0.05) is 6.07 Å². The van der Waals surface area contributed by atoms with Crippen LogP contribution in [0.25, 0.3) is 6.08 Å². The van der Waals surface area contributed by atoms with Gasteiger partial charge < -0.3 is 5.11 Å². The van der Waals surface area contributed by atoms with Crippen LogP contribution in [0.4, 0.5) is 17.6 Å². The third kappa shape index (κ3) is 3.05. The topological polar surface area (TPSA) is 37.3 Å². The van der Waals surface area contributed by atoms with Crippen LogP contribution in [-0.4, -0.2) is 11.1 Å². The molecule has 0 radical (unpaired) electrons. The summed E-state index contributed by atoms with van der Waals surface area (Å²) in [6.07, 6.45) is -3.66. The normalized spacial score (nSPS) is 12.1. The molecule has 0 atom stereocenters. The summed E-state index contributed by atoms with van der Waals surface area (Å²) in [5.41, 5.74) is -1.94. The minimum Gasteiger partial charge on any atom is -0.478 e. The molecule has 0 heterocycles. The number of carbonyl (C=O) groups is 1. The van der Waals surface area contributed by atoms with Gasteiger partial charge in [0.05, 0.1) is 5.56 Å². The fraction of sp³-hybridized carbons (Fsp3) is 0.182. The Hall–Kier alpha value is -1.85. The zero-order chi connectivity index (χ0) is 13.2. The first-order valence-electron chi connectivity index (χ1n) is 4.51. The Morgan fingerprint density at radius 1 is 1.35 bits per heavy atom. The summed E-state index contributed by atoms with van der Waals surface area (Å²) in [5.74, 6) is -2.52. The zero-order valence-electron chi connectivity index (χ0n) is 8.68. The summed E-state index contributed by atoms with van der Waals surface area (Å²) in [6.45, 7) is 1.30. The molecule has 1 rings (SSSR count). The second-order valence-corrected chi connectivity index (χ2v) is 3.33. The molecule has 0 fully saturated rings. The van der Waals surface area contributed by atoms with E-state index in [-0.39, 0.29) is 5.56 Å². The number of halogens is 4. The summed E-state index contributed by atoms with van der Waals surface area (Å²) in [4.78, 5) is 10.2. The van der Waals surface area contributed by atoms with E-state index in [1.54, 1.807) is 0 Å². The zero-order valence-corrected chi connectivity index (χ0v) is 8.68. The lowest BCUT2D eigenvalue weighted by Crippen LogP contribution is -2.09. The molecule has 0 amide bonds. The van der Waals surface area contributed by atoms with Gasteiger partial charge in [0.25, 0.3) is 0 Å². The van der Waals surface area contributed by atoms with Crippen LogP contribution in [0.3, 0.4) is 0 Å². The van der Waals surface area contributed by atoms with Crippen molar-refractivity contribution in [1.29, 1.82) is 0 Å². The number of aryl methyl sites for hydroxylation is 1. The quantitative estimate of drug-likeness (QED) is 0.644. The first-order chi connectivity index (χ1) is 7.73. The molecule has 17 heavy (non-hydrogen) atoms. The highest BCUT2D eigenvalue weighted by atomic mass is 19.4. The standard InChI is InChI=1S/C11H8F4O2/c1-6-2-4-8(11(13,14)15)7(10(6)12)3-5-9(16)17/h2-5H,1H3,(H,16,17)/b5-3+. The smallest absolute Gasteiger partial charge is 0.417 e. The molecule has 0 spiro atoms. The van der Waals surface area contributed by atoms with Crippen LogP contribution in [0.5, 0.6) is 0 Å². The maximum Gasteiger partial charge on any atom is 0.417 e. The van der Waals surface area contributed by atoms with E-state index in [1.165, 1.54) is 6.92 Å². The Morgan fingerprint density at radius 3 is 2.41 bits per heavy atom. The van der Waals surface area contributed by atoms with E-state index in [0.29, 0.717) is 12.2 Å². The third-order valence-electron chi connectivity index (χ3n) is 2.07. The molecular formula is C11H8F4O2. The molecule has 0 aliphatic carbocycles. The van der Waals surface area contributed by atoms with E-state index in [0.717, 1.165) is 12.1 Å². The van der Waals surface area contributed by atoms with Crippen LogP contribution in [-0.2, 0) is 11.0 Å². The largest absolute Gasteiger partial charge is 0.478 e. The lowest BCUT2D eigenvalue weighted by molar-refractivity contribution is -0.138. The molecule has 0 bridgehead atoms. The highest BCUT2D eigenvalue weighted by molar-refractivity contribution is 5.85. The number of rotatable bonds is 2. The molecular weight excluding hydrogens is 240 g/mol. The first-order valence-corrected chi connectivity index (χ1v) is 4.51. The van der Waals surface area contributed by atoms with E-state index in [2.05, 4.69) is 0 Å². The van der Waals surface area contributed by atoms with Crippen LogP contribution in [0.15, 0.2) is 18.2 Å². The number of aliphatic carboxylic acids is 1. The van der Waals surface area contributed by atoms with E-state index in [9.17, 15) is 22.4 Å². The van der Waals surface area contributed by atoms with Crippen molar-refractivity contribution in [1.82, 2.24) is 0 Å².